The summed E-state index contributed by atoms with van der Waals surface area (Å²) in [5.74, 6) is -0.919. The molecule has 1 nitrogen and oxygen atoms in total. The zero-order chi connectivity index (χ0) is 14.7. The van der Waals surface area contributed by atoms with Crippen molar-refractivity contribution < 1.29 is 8.78 Å². The van der Waals surface area contributed by atoms with Gasteiger partial charge in [-0.05, 0) is 36.9 Å². The summed E-state index contributed by atoms with van der Waals surface area (Å²) in [6.07, 6.45) is 0. The summed E-state index contributed by atoms with van der Waals surface area (Å²) in [6, 6.07) is 7.95. The molecule has 0 saturated carbocycles. The highest BCUT2D eigenvalue weighted by Gasteiger charge is 2.20. The van der Waals surface area contributed by atoms with Gasteiger partial charge in [-0.1, -0.05) is 36.2 Å². The summed E-state index contributed by atoms with van der Waals surface area (Å²) in [5.41, 5.74) is 0.637. The van der Waals surface area contributed by atoms with E-state index in [1.54, 1.807) is 12.1 Å². The second kappa shape index (κ2) is 6.53. The SMILES string of the molecule is CCNC(c1ccc(Cl)cc1F)c1cc(Cl)ccc1F. The van der Waals surface area contributed by atoms with Gasteiger partial charge < -0.3 is 5.32 Å². The van der Waals surface area contributed by atoms with Crippen LogP contribution < -0.4 is 5.32 Å². The molecule has 0 radical (unpaired) electrons. The molecule has 0 aliphatic carbocycles. The summed E-state index contributed by atoms with van der Waals surface area (Å²) >= 11 is 11.6. The molecule has 0 aromatic heterocycles. The van der Waals surface area contributed by atoms with E-state index in [1.165, 1.54) is 24.3 Å². The Balaban J connectivity index is 2.53. The van der Waals surface area contributed by atoms with Crippen molar-refractivity contribution in [3.8, 4) is 0 Å². The van der Waals surface area contributed by atoms with Gasteiger partial charge in [0.15, 0.2) is 0 Å². The van der Waals surface area contributed by atoms with Crippen molar-refractivity contribution in [2.24, 2.45) is 0 Å². The maximum Gasteiger partial charge on any atom is 0.129 e. The van der Waals surface area contributed by atoms with Crippen molar-refractivity contribution in [1.29, 1.82) is 0 Å². The molecule has 0 aliphatic rings. The van der Waals surface area contributed by atoms with E-state index < -0.39 is 17.7 Å². The Kier molecular flexibility index (Phi) is 4.97. The molecule has 1 N–H and O–H groups in total. The minimum Gasteiger partial charge on any atom is -0.306 e. The monoisotopic (exact) mass is 315 g/mol. The zero-order valence-corrected chi connectivity index (χ0v) is 12.3. The third-order valence-electron chi connectivity index (χ3n) is 2.95. The van der Waals surface area contributed by atoms with Gasteiger partial charge in [0.05, 0.1) is 6.04 Å². The fraction of sp³-hybridized carbons (Fsp3) is 0.200. The third-order valence-corrected chi connectivity index (χ3v) is 3.42. The van der Waals surface area contributed by atoms with Gasteiger partial charge in [0.1, 0.15) is 11.6 Å². The Hall–Kier alpha value is -1.16. The van der Waals surface area contributed by atoms with Crippen LogP contribution in [-0.4, -0.2) is 6.54 Å². The molecule has 0 spiro atoms. The molecule has 1 unspecified atom stereocenters. The van der Waals surface area contributed by atoms with Gasteiger partial charge >= 0.3 is 0 Å². The maximum atomic E-state index is 14.1. The van der Waals surface area contributed by atoms with E-state index in [1.807, 2.05) is 6.92 Å². The lowest BCUT2D eigenvalue weighted by Crippen LogP contribution is -2.24. The predicted octanol–water partition coefficient (Wildman–Crippen LogP) is 4.97. The Morgan fingerprint density at radius 3 is 2.25 bits per heavy atom. The van der Waals surface area contributed by atoms with Gasteiger partial charge in [-0.3, -0.25) is 0 Å². The topological polar surface area (TPSA) is 12.0 Å². The van der Waals surface area contributed by atoms with Crippen LogP contribution in [0.5, 0.6) is 0 Å². The first-order chi connectivity index (χ1) is 9.52. The van der Waals surface area contributed by atoms with Crippen LogP contribution in [0.3, 0.4) is 0 Å². The number of hydrogen-bond acceptors (Lipinski definition) is 1. The lowest BCUT2D eigenvalue weighted by atomic mass is 9.97. The largest absolute Gasteiger partial charge is 0.306 e. The molecule has 106 valence electrons. The molecule has 0 amide bonds. The molecule has 0 heterocycles. The molecule has 5 heteroatoms. The molecule has 1 atom stereocenters. The van der Waals surface area contributed by atoms with Crippen molar-refractivity contribution in [2.75, 3.05) is 6.54 Å². The molecule has 20 heavy (non-hydrogen) atoms. The second-order valence-electron chi connectivity index (χ2n) is 4.32. The van der Waals surface area contributed by atoms with Crippen LogP contribution in [-0.2, 0) is 0 Å². The summed E-state index contributed by atoms with van der Waals surface area (Å²) < 4.78 is 28.1. The van der Waals surface area contributed by atoms with Crippen LogP contribution in [0.4, 0.5) is 8.78 Å². The summed E-state index contributed by atoms with van der Waals surface area (Å²) in [4.78, 5) is 0. The maximum absolute atomic E-state index is 14.1. The number of nitrogens with one attached hydrogen (secondary N) is 1. The highest BCUT2D eigenvalue weighted by molar-refractivity contribution is 6.30. The first-order valence-electron chi connectivity index (χ1n) is 6.16. The molecule has 0 fully saturated rings. The Labute approximate surface area is 126 Å². The first-order valence-corrected chi connectivity index (χ1v) is 6.91. The van der Waals surface area contributed by atoms with Crippen molar-refractivity contribution in [3.05, 3.63) is 69.2 Å². The number of benzene rings is 2. The van der Waals surface area contributed by atoms with Crippen molar-refractivity contribution >= 4 is 23.2 Å². The van der Waals surface area contributed by atoms with Crippen molar-refractivity contribution in [3.63, 3.8) is 0 Å². The van der Waals surface area contributed by atoms with Crippen LogP contribution in [0.1, 0.15) is 24.1 Å². The summed E-state index contributed by atoms with van der Waals surface area (Å²) in [6.45, 7) is 2.42. The van der Waals surface area contributed by atoms with E-state index in [4.69, 9.17) is 23.2 Å². The quantitative estimate of drug-likeness (QED) is 0.840. The zero-order valence-electron chi connectivity index (χ0n) is 10.8. The van der Waals surface area contributed by atoms with Crippen LogP contribution >= 0.6 is 23.2 Å². The Morgan fingerprint density at radius 1 is 0.950 bits per heavy atom. The van der Waals surface area contributed by atoms with E-state index in [0.29, 0.717) is 27.7 Å². The fourth-order valence-corrected chi connectivity index (χ4v) is 2.40. The minimum atomic E-state index is -0.615. The van der Waals surface area contributed by atoms with E-state index in [2.05, 4.69) is 5.32 Å². The molecule has 2 aromatic rings. The molecular weight excluding hydrogens is 303 g/mol. The number of hydrogen-bond donors (Lipinski definition) is 1. The predicted molar refractivity (Wildman–Crippen MR) is 78.3 cm³/mol. The molecule has 0 saturated heterocycles. The summed E-state index contributed by atoms with van der Waals surface area (Å²) in [5, 5.41) is 3.76. The van der Waals surface area contributed by atoms with Gasteiger partial charge in [-0.25, -0.2) is 8.78 Å². The fourth-order valence-electron chi connectivity index (χ4n) is 2.06. The van der Waals surface area contributed by atoms with Crippen LogP contribution in [0, 0.1) is 11.6 Å². The third kappa shape index (κ3) is 3.29. The van der Waals surface area contributed by atoms with Gasteiger partial charge in [0, 0.05) is 21.2 Å². The van der Waals surface area contributed by atoms with Gasteiger partial charge in [-0.2, -0.15) is 0 Å². The smallest absolute Gasteiger partial charge is 0.129 e. The van der Waals surface area contributed by atoms with E-state index in [9.17, 15) is 8.78 Å². The molecule has 2 aromatic carbocycles. The lowest BCUT2D eigenvalue weighted by Gasteiger charge is -2.20. The molecular formula is C15H13Cl2F2N. The van der Waals surface area contributed by atoms with Gasteiger partial charge in [0.25, 0.3) is 0 Å². The minimum absolute atomic E-state index is 0.299. The average molecular weight is 316 g/mol. The Bertz CT molecular complexity index is 617. The van der Waals surface area contributed by atoms with E-state index in [0.717, 1.165) is 0 Å². The van der Waals surface area contributed by atoms with E-state index >= 15 is 0 Å². The van der Waals surface area contributed by atoms with Crippen LogP contribution in [0.25, 0.3) is 0 Å². The Morgan fingerprint density at radius 2 is 1.60 bits per heavy atom. The van der Waals surface area contributed by atoms with Gasteiger partial charge in [0.2, 0.25) is 0 Å². The normalized spacial score (nSPS) is 12.4. The number of rotatable bonds is 4. The van der Waals surface area contributed by atoms with Crippen molar-refractivity contribution in [1.82, 2.24) is 5.32 Å². The van der Waals surface area contributed by atoms with E-state index in [-0.39, 0.29) is 0 Å². The van der Waals surface area contributed by atoms with Crippen molar-refractivity contribution in [2.45, 2.75) is 13.0 Å². The molecule has 2 rings (SSSR count). The molecule has 0 aliphatic heterocycles. The highest BCUT2D eigenvalue weighted by Crippen LogP contribution is 2.29. The highest BCUT2D eigenvalue weighted by atomic mass is 35.5. The number of halogens is 4. The first kappa shape index (κ1) is 15.2. The summed E-state index contributed by atoms with van der Waals surface area (Å²) in [7, 11) is 0. The van der Waals surface area contributed by atoms with Crippen LogP contribution in [0.15, 0.2) is 36.4 Å². The van der Waals surface area contributed by atoms with Crippen LogP contribution in [0.2, 0.25) is 10.0 Å². The second-order valence-corrected chi connectivity index (χ2v) is 5.20. The standard InChI is InChI=1S/C15H13Cl2F2N/c1-2-20-15(11-5-3-10(17)8-14(11)19)12-7-9(16)4-6-13(12)18/h3-8,15,20H,2H2,1H3. The average Bonchev–Trinajstić information content (AvgIpc) is 2.40. The van der Waals surface area contributed by atoms with Gasteiger partial charge in [-0.15, -0.1) is 0 Å². The molecule has 0 bridgehead atoms. The lowest BCUT2D eigenvalue weighted by molar-refractivity contribution is 0.531.